The molecule has 1 aromatic carbocycles. The van der Waals surface area contributed by atoms with E-state index in [2.05, 4.69) is 10.6 Å². The molecule has 5 nitrogen and oxygen atoms in total. The molecule has 1 aliphatic carbocycles. The largest absolute Gasteiger partial charge is 0.467 e. The van der Waals surface area contributed by atoms with E-state index in [4.69, 9.17) is 4.42 Å². The van der Waals surface area contributed by atoms with E-state index in [1.807, 2.05) is 0 Å². The van der Waals surface area contributed by atoms with Gasteiger partial charge in [-0.2, -0.15) is 0 Å². The molecule has 2 aromatic rings. The van der Waals surface area contributed by atoms with Crippen LogP contribution in [-0.2, 0) is 6.54 Å². The average molecular weight is 340 g/mol. The Labute approximate surface area is 147 Å². The Morgan fingerprint density at radius 1 is 0.920 bits per heavy atom. The van der Waals surface area contributed by atoms with E-state index in [-0.39, 0.29) is 17.9 Å². The number of hydrogen-bond acceptors (Lipinski definition) is 3. The summed E-state index contributed by atoms with van der Waals surface area (Å²) in [6, 6.07) is 10.6. The first-order chi connectivity index (χ1) is 12.2. The second-order valence-electron chi connectivity index (χ2n) is 6.50. The molecule has 1 saturated carbocycles. The van der Waals surface area contributed by atoms with Crippen LogP contribution in [-0.4, -0.2) is 17.9 Å². The van der Waals surface area contributed by atoms with Gasteiger partial charge in [-0.3, -0.25) is 9.59 Å². The van der Waals surface area contributed by atoms with Gasteiger partial charge in [-0.05, 0) is 49.2 Å². The Hall–Kier alpha value is -2.56. The molecule has 0 spiro atoms. The molecule has 5 heteroatoms. The average Bonchev–Trinajstić information content (AvgIpc) is 3.03. The van der Waals surface area contributed by atoms with E-state index in [0.717, 1.165) is 12.8 Å². The highest BCUT2D eigenvalue weighted by Gasteiger charge is 2.16. The van der Waals surface area contributed by atoms with Gasteiger partial charge in [-0.15, -0.1) is 0 Å². The molecular weight excluding hydrogens is 316 g/mol. The Bertz CT molecular complexity index is 684. The SMILES string of the molecule is O=C(NCc1ccco1)c1ccc(C(=O)NC2CCCCCC2)cc1. The Morgan fingerprint density at radius 2 is 1.56 bits per heavy atom. The fourth-order valence-corrected chi connectivity index (χ4v) is 3.15. The lowest BCUT2D eigenvalue weighted by atomic mass is 10.1. The number of amides is 2. The highest BCUT2D eigenvalue weighted by Crippen LogP contribution is 2.17. The van der Waals surface area contributed by atoms with Crippen LogP contribution >= 0.6 is 0 Å². The van der Waals surface area contributed by atoms with Crippen LogP contribution in [0.2, 0.25) is 0 Å². The topological polar surface area (TPSA) is 71.3 Å². The van der Waals surface area contributed by atoms with Crippen LogP contribution < -0.4 is 10.6 Å². The number of carbonyl (C=O) groups is 2. The minimum Gasteiger partial charge on any atom is -0.467 e. The summed E-state index contributed by atoms with van der Waals surface area (Å²) in [5, 5.41) is 5.91. The summed E-state index contributed by atoms with van der Waals surface area (Å²) in [6.07, 6.45) is 8.56. The molecule has 0 saturated heterocycles. The third-order valence-electron chi connectivity index (χ3n) is 4.60. The van der Waals surface area contributed by atoms with Crippen molar-refractivity contribution in [2.75, 3.05) is 0 Å². The summed E-state index contributed by atoms with van der Waals surface area (Å²) in [5.41, 5.74) is 1.12. The van der Waals surface area contributed by atoms with Crippen molar-refractivity contribution in [2.24, 2.45) is 0 Å². The Morgan fingerprint density at radius 3 is 2.16 bits per heavy atom. The summed E-state index contributed by atoms with van der Waals surface area (Å²) in [7, 11) is 0. The normalized spacial score (nSPS) is 15.4. The number of rotatable bonds is 5. The van der Waals surface area contributed by atoms with E-state index < -0.39 is 0 Å². The van der Waals surface area contributed by atoms with Gasteiger partial charge >= 0.3 is 0 Å². The van der Waals surface area contributed by atoms with Crippen LogP contribution in [0.3, 0.4) is 0 Å². The number of benzene rings is 1. The molecule has 2 N–H and O–H groups in total. The molecule has 25 heavy (non-hydrogen) atoms. The van der Waals surface area contributed by atoms with Crippen LogP contribution in [0.4, 0.5) is 0 Å². The molecule has 3 rings (SSSR count). The van der Waals surface area contributed by atoms with Crippen molar-refractivity contribution in [2.45, 2.75) is 51.1 Å². The van der Waals surface area contributed by atoms with Gasteiger partial charge in [-0.25, -0.2) is 0 Å². The van der Waals surface area contributed by atoms with Gasteiger partial charge in [-0.1, -0.05) is 25.7 Å². The van der Waals surface area contributed by atoms with Gasteiger partial charge in [0.1, 0.15) is 5.76 Å². The summed E-state index contributed by atoms with van der Waals surface area (Å²) < 4.78 is 5.18. The molecule has 1 aliphatic rings. The highest BCUT2D eigenvalue weighted by atomic mass is 16.3. The van der Waals surface area contributed by atoms with Gasteiger partial charge in [0.25, 0.3) is 11.8 Å². The monoisotopic (exact) mass is 340 g/mol. The van der Waals surface area contributed by atoms with Crippen molar-refractivity contribution in [3.63, 3.8) is 0 Å². The molecule has 2 amide bonds. The van der Waals surface area contributed by atoms with Gasteiger partial charge < -0.3 is 15.1 Å². The summed E-state index contributed by atoms with van der Waals surface area (Å²) >= 11 is 0. The minimum absolute atomic E-state index is 0.0607. The Kier molecular flexibility index (Phi) is 5.88. The first kappa shape index (κ1) is 17.3. The number of furan rings is 1. The minimum atomic E-state index is -0.188. The third kappa shape index (κ3) is 4.95. The van der Waals surface area contributed by atoms with Gasteiger partial charge in [0.05, 0.1) is 12.8 Å². The van der Waals surface area contributed by atoms with Crippen molar-refractivity contribution in [3.8, 4) is 0 Å². The molecule has 1 fully saturated rings. The second kappa shape index (κ2) is 8.51. The number of hydrogen-bond donors (Lipinski definition) is 2. The highest BCUT2D eigenvalue weighted by molar-refractivity contribution is 5.97. The second-order valence-corrected chi connectivity index (χ2v) is 6.50. The molecular formula is C20H24N2O3. The van der Waals surface area contributed by atoms with E-state index in [0.29, 0.717) is 23.4 Å². The van der Waals surface area contributed by atoms with E-state index in [9.17, 15) is 9.59 Å². The zero-order valence-corrected chi connectivity index (χ0v) is 14.3. The summed E-state index contributed by atoms with van der Waals surface area (Å²) in [5.74, 6) is 0.453. The molecule has 1 heterocycles. The van der Waals surface area contributed by atoms with E-state index >= 15 is 0 Å². The zero-order chi connectivity index (χ0) is 17.5. The molecule has 0 bridgehead atoms. The maximum absolute atomic E-state index is 12.4. The van der Waals surface area contributed by atoms with E-state index in [1.165, 1.54) is 25.7 Å². The number of nitrogens with one attached hydrogen (secondary N) is 2. The fourth-order valence-electron chi connectivity index (χ4n) is 3.15. The van der Waals surface area contributed by atoms with Crippen molar-refractivity contribution < 1.29 is 14.0 Å². The summed E-state index contributed by atoms with van der Waals surface area (Å²) in [6.45, 7) is 0.343. The predicted molar refractivity (Wildman–Crippen MR) is 95.3 cm³/mol. The summed E-state index contributed by atoms with van der Waals surface area (Å²) in [4.78, 5) is 24.5. The van der Waals surface area contributed by atoms with Crippen molar-refractivity contribution in [1.82, 2.24) is 10.6 Å². The zero-order valence-electron chi connectivity index (χ0n) is 14.3. The number of carbonyl (C=O) groups excluding carboxylic acids is 2. The maximum Gasteiger partial charge on any atom is 0.251 e. The lowest BCUT2D eigenvalue weighted by Crippen LogP contribution is -2.34. The van der Waals surface area contributed by atoms with Gasteiger partial charge in [0, 0.05) is 17.2 Å². The third-order valence-corrected chi connectivity index (χ3v) is 4.60. The maximum atomic E-state index is 12.4. The van der Waals surface area contributed by atoms with Crippen molar-refractivity contribution in [3.05, 3.63) is 59.5 Å². The molecule has 0 unspecified atom stereocenters. The lowest BCUT2D eigenvalue weighted by molar-refractivity contribution is 0.0926. The standard InChI is InChI=1S/C20H24N2O3/c23-19(21-14-18-8-5-13-25-18)15-9-11-16(12-10-15)20(24)22-17-6-3-1-2-4-7-17/h5,8-13,17H,1-4,6-7,14H2,(H,21,23)(H,22,24). The van der Waals surface area contributed by atoms with Crippen LogP contribution in [0.5, 0.6) is 0 Å². The van der Waals surface area contributed by atoms with Gasteiger partial charge in [0.2, 0.25) is 0 Å². The molecule has 1 aromatic heterocycles. The lowest BCUT2D eigenvalue weighted by Gasteiger charge is -2.16. The van der Waals surface area contributed by atoms with Crippen LogP contribution in [0.25, 0.3) is 0 Å². The van der Waals surface area contributed by atoms with Crippen molar-refractivity contribution >= 4 is 11.8 Å². The molecule has 0 aliphatic heterocycles. The van der Waals surface area contributed by atoms with Gasteiger partial charge in [0.15, 0.2) is 0 Å². The molecule has 0 atom stereocenters. The first-order valence-electron chi connectivity index (χ1n) is 8.94. The predicted octanol–water partition coefficient (Wildman–Crippen LogP) is 3.66. The first-order valence-corrected chi connectivity index (χ1v) is 8.94. The van der Waals surface area contributed by atoms with Crippen LogP contribution in [0.15, 0.2) is 47.1 Å². The van der Waals surface area contributed by atoms with E-state index in [1.54, 1.807) is 42.7 Å². The molecule has 132 valence electrons. The smallest absolute Gasteiger partial charge is 0.251 e. The Balaban J connectivity index is 1.53. The fraction of sp³-hybridized carbons (Fsp3) is 0.400. The molecule has 0 radical (unpaired) electrons. The van der Waals surface area contributed by atoms with Crippen LogP contribution in [0.1, 0.15) is 65.0 Å². The quantitative estimate of drug-likeness (QED) is 0.816. The van der Waals surface area contributed by atoms with Crippen LogP contribution in [0, 0.1) is 0 Å². The van der Waals surface area contributed by atoms with Crippen molar-refractivity contribution in [1.29, 1.82) is 0 Å².